The minimum atomic E-state index is -0.250. The van der Waals surface area contributed by atoms with Crippen molar-refractivity contribution >= 4 is 6.29 Å². The molecule has 1 rings (SSSR count). The number of hydrogen-bond acceptors (Lipinski definition) is 1. The van der Waals surface area contributed by atoms with E-state index in [-0.39, 0.29) is 5.41 Å². The van der Waals surface area contributed by atoms with Crippen LogP contribution in [-0.4, -0.2) is 6.29 Å². The van der Waals surface area contributed by atoms with Gasteiger partial charge in [0.1, 0.15) is 6.29 Å². The first-order valence-electron chi connectivity index (χ1n) is 5.97. The molecule has 0 aromatic heterocycles. The van der Waals surface area contributed by atoms with Gasteiger partial charge in [0.15, 0.2) is 0 Å². The van der Waals surface area contributed by atoms with Crippen molar-refractivity contribution in [2.45, 2.75) is 40.5 Å². The van der Waals surface area contributed by atoms with Crippen molar-refractivity contribution in [3.05, 3.63) is 35.4 Å². The van der Waals surface area contributed by atoms with Crippen LogP contribution >= 0.6 is 0 Å². The second-order valence-corrected chi connectivity index (χ2v) is 5.70. The van der Waals surface area contributed by atoms with E-state index in [1.54, 1.807) is 0 Å². The molecule has 0 saturated heterocycles. The lowest BCUT2D eigenvalue weighted by Crippen LogP contribution is -2.16. The molecule has 0 atom stereocenters. The average Bonchev–Trinajstić information content (AvgIpc) is 2.20. The molecule has 0 aliphatic rings. The zero-order chi connectivity index (χ0) is 12.2. The smallest absolute Gasteiger partial charge is 0.125 e. The summed E-state index contributed by atoms with van der Waals surface area (Å²) in [6.07, 6.45) is 2.98. The maximum absolute atomic E-state index is 10.8. The summed E-state index contributed by atoms with van der Waals surface area (Å²) >= 11 is 0. The Balaban J connectivity index is 2.68. The van der Waals surface area contributed by atoms with Gasteiger partial charge in [0.25, 0.3) is 0 Å². The fourth-order valence-corrected chi connectivity index (χ4v) is 1.83. The Bertz CT molecular complexity index is 333. The van der Waals surface area contributed by atoms with Crippen LogP contribution in [0.2, 0.25) is 0 Å². The van der Waals surface area contributed by atoms with Crippen LogP contribution in [0.4, 0.5) is 0 Å². The van der Waals surface area contributed by atoms with Crippen LogP contribution < -0.4 is 0 Å². The lowest BCUT2D eigenvalue weighted by atomic mass is 9.87. The Kier molecular flexibility index (Phi) is 4.28. The molecule has 0 amide bonds. The maximum Gasteiger partial charge on any atom is 0.125 e. The van der Waals surface area contributed by atoms with E-state index in [2.05, 4.69) is 38.1 Å². The van der Waals surface area contributed by atoms with Gasteiger partial charge in [-0.15, -0.1) is 0 Å². The van der Waals surface area contributed by atoms with E-state index >= 15 is 0 Å². The third-order valence-corrected chi connectivity index (χ3v) is 2.65. The molecule has 0 aliphatic heterocycles. The van der Waals surface area contributed by atoms with Crippen LogP contribution in [0.3, 0.4) is 0 Å². The summed E-state index contributed by atoms with van der Waals surface area (Å²) in [6.45, 7) is 8.40. The zero-order valence-corrected chi connectivity index (χ0v) is 10.8. The van der Waals surface area contributed by atoms with E-state index in [1.807, 2.05) is 13.8 Å². The molecule has 0 aliphatic carbocycles. The molecule has 0 saturated carbocycles. The van der Waals surface area contributed by atoms with Gasteiger partial charge < -0.3 is 4.79 Å². The van der Waals surface area contributed by atoms with Gasteiger partial charge in [-0.25, -0.2) is 0 Å². The topological polar surface area (TPSA) is 17.1 Å². The van der Waals surface area contributed by atoms with Crippen LogP contribution in [0.25, 0.3) is 0 Å². The van der Waals surface area contributed by atoms with Crippen LogP contribution in [0.5, 0.6) is 0 Å². The number of carbonyl (C=O) groups excluding carboxylic acids is 1. The Morgan fingerprint density at radius 2 is 1.62 bits per heavy atom. The highest BCUT2D eigenvalue weighted by Crippen LogP contribution is 2.19. The van der Waals surface area contributed by atoms with Crippen molar-refractivity contribution in [1.29, 1.82) is 0 Å². The van der Waals surface area contributed by atoms with Gasteiger partial charge in [0.2, 0.25) is 0 Å². The standard InChI is InChI=1S/C15H22O/c1-12(2)9-13-5-7-14(8-6-13)10-15(3,4)11-16/h5-8,11-12H,9-10H2,1-4H3. The highest BCUT2D eigenvalue weighted by Gasteiger charge is 2.16. The number of aldehydes is 1. The Morgan fingerprint density at radius 3 is 2.06 bits per heavy atom. The largest absolute Gasteiger partial charge is 0.303 e. The number of rotatable bonds is 5. The summed E-state index contributed by atoms with van der Waals surface area (Å²) in [4.78, 5) is 10.8. The molecular formula is C15H22O. The first kappa shape index (κ1) is 13.0. The summed E-state index contributed by atoms with van der Waals surface area (Å²) in [5.74, 6) is 0.692. The van der Waals surface area contributed by atoms with E-state index in [1.165, 1.54) is 11.1 Å². The van der Waals surface area contributed by atoms with Gasteiger partial charge in [-0.2, -0.15) is 0 Å². The summed E-state index contributed by atoms with van der Waals surface area (Å²) < 4.78 is 0. The Hall–Kier alpha value is -1.11. The first-order chi connectivity index (χ1) is 7.43. The molecule has 0 radical (unpaired) electrons. The van der Waals surface area contributed by atoms with E-state index in [4.69, 9.17) is 0 Å². The minimum Gasteiger partial charge on any atom is -0.303 e. The van der Waals surface area contributed by atoms with E-state index < -0.39 is 0 Å². The van der Waals surface area contributed by atoms with Crippen molar-refractivity contribution in [3.63, 3.8) is 0 Å². The molecule has 0 spiro atoms. The minimum absolute atomic E-state index is 0.250. The summed E-state index contributed by atoms with van der Waals surface area (Å²) in [6, 6.07) is 8.64. The quantitative estimate of drug-likeness (QED) is 0.689. The molecule has 0 N–H and O–H groups in total. The van der Waals surface area contributed by atoms with Crippen molar-refractivity contribution in [2.75, 3.05) is 0 Å². The molecular weight excluding hydrogens is 196 g/mol. The van der Waals surface area contributed by atoms with E-state index in [0.29, 0.717) is 5.92 Å². The number of hydrogen-bond donors (Lipinski definition) is 0. The predicted molar refractivity (Wildman–Crippen MR) is 68.5 cm³/mol. The fourth-order valence-electron chi connectivity index (χ4n) is 1.83. The van der Waals surface area contributed by atoms with Crippen LogP contribution in [0.1, 0.15) is 38.8 Å². The molecule has 16 heavy (non-hydrogen) atoms. The van der Waals surface area contributed by atoms with Gasteiger partial charge >= 0.3 is 0 Å². The molecule has 0 unspecified atom stereocenters. The van der Waals surface area contributed by atoms with Gasteiger partial charge in [0.05, 0.1) is 0 Å². The van der Waals surface area contributed by atoms with Gasteiger partial charge in [0, 0.05) is 5.41 Å². The van der Waals surface area contributed by atoms with E-state index in [0.717, 1.165) is 19.1 Å². The van der Waals surface area contributed by atoms with Crippen LogP contribution in [0.15, 0.2) is 24.3 Å². The Morgan fingerprint density at radius 1 is 1.12 bits per heavy atom. The molecule has 0 fully saturated rings. The normalized spacial score (nSPS) is 11.8. The second kappa shape index (κ2) is 5.29. The molecule has 0 bridgehead atoms. The zero-order valence-electron chi connectivity index (χ0n) is 10.8. The molecule has 1 aromatic carbocycles. The van der Waals surface area contributed by atoms with Crippen LogP contribution in [-0.2, 0) is 17.6 Å². The van der Waals surface area contributed by atoms with Crippen molar-refractivity contribution in [3.8, 4) is 0 Å². The SMILES string of the molecule is CC(C)Cc1ccc(CC(C)(C)C=O)cc1. The molecule has 1 aromatic rings. The average molecular weight is 218 g/mol. The van der Waals surface area contributed by atoms with Gasteiger partial charge in [-0.1, -0.05) is 52.0 Å². The monoisotopic (exact) mass is 218 g/mol. The van der Waals surface area contributed by atoms with Crippen LogP contribution in [0, 0.1) is 11.3 Å². The maximum atomic E-state index is 10.8. The lowest BCUT2D eigenvalue weighted by Gasteiger charge is -2.16. The highest BCUT2D eigenvalue weighted by molar-refractivity contribution is 5.58. The van der Waals surface area contributed by atoms with Crippen molar-refractivity contribution < 1.29 is 4.79 Å². The van der Waals surface area contributed by atoms with Gasteiger partial charge in [-0.05, 0) is 29.9 Å². The number of benzene rings is 1. The molecule has 0 heterocycles. The van der Waals surface area contributed by atoms with E-state index in [9.17, 15) is 4.79 Å². The second-order valence-electron chi connectivity index (χ2n) is 5.70. The van der Waals surface area contributed by atoms with Gasteiger partial charge in [-0.3, -0.25) is 0 Å². The first-order valence-corrected chi connectivity index (χ1v) is 5.97. The number of carbonyl (C=O) groups is 1. The summed E-state index contributed by atoms with van der Waals surface area (Å²) in [5.41, 5.74) is 2.37. The molecule has 1 nitrogen and oxygen atoms in total. The molecule has 88 valence electrons. The van der Waals surface area contributed by atoms with Crippen molar-refractivity contribution in [1.82, 2.24) is 0 Å². The fraction of sp³-hybridized carbons (Fsp3) is 0.533. The third-order valence-electron chi connectivity index (χ3n) is 2.65. The third kappa shape index (κ3) is 4.18. The Labute approximate surface area is 98.9 Å². The highest BCUT2D eigenvalue weighted by atomic mass is 16.1. The molecule has 1 heteroatoms. The van der Waals surface area contributed by atoms with Crippen molar-refractivity contribution in [2.24, 2.45) is 11.3 Å². The summed E-state index contributed by atoms with van der Waals surface area (Å²) in [7, 11) is 0. The predicted octanol–water partition coefficient (Wildman–Crippen LogP) is 3.65. The lowest BCUT2D eigenvalue weighted by molar-refractivity contribution is -0.114. The summed E-state index contributed by atoms with van der Waals surface area (Å²) in [5, 5.41) is 0.